The lowest BCUT2D eigenvalue weighted by Gasteiger charge is -2.18. The molecule has 1 fully saturated rings. The summed E-state index contributed by atoms with van der Waals surface area (Å²) < 4.78 is 27.5. The molecule has 1 atom stereocenters. The van der Waals surface area contributed by atoms with Crippen LogP contribution in [0.3, 0.4) is 0 Å². The van der Waals surface area contributed by atoms with Crippen LogP contribution in [-0.2, 0) is 16.3 Å². The van der Waals surface area contributed by atoms with E-state index in [2.05, 4.69) is 10.6 Å². The van der Waals surface area contributed by atoms with Crippen LogP contribution >= 0.6 is 23.2 Å². The summed E-state index contributed by atoms with van der Waals surface area (Å²) in [6, 6.07) is 16.0. The van der Waals surface area contributed by atoms with Crippen molar-refractivity contribution in [3.63, 3.8) is 0 Å². The number of nitrogens with one attached hydrogen (secondary N) is 2. The zero-order valence-corrected chi connectivity index (χ0v) is 20.0. The first-order valence-corrected chi connectivity index (χ1v) is 12.8. The van der Waals surface area contributed by atoms with Gasteiger partial charge in [0, 0.05) is 33.4 Å². The van der Waals surface area contributed by atoms with Gasteiger partial charge in [-0.25, -0.2) is 13.2 Å². The van der Waals surface area contributed by atoms with E-state index in [9.17, 15) is 18.0 Å². The predicted octanol–water partition coefficient (Wildman–Crippen LogP) is 4.59. The first kappa shape index (κ1) is 22.7. The summed E-state index contributed by atoms with van der Waals surface area (Å²) in [7, 11) is -4.04. The van der Waals surface area contributed by atoms with Crippen LogP contribution in [0.2, 0.25) is 10.0 Å². The van der Waals surface area contributed by atoms with Crippen molar-refractivity contribution < 1.29 is 18.0 Å². The molecular formula is C24H19Cl2N3O4S. The Kier molecular flexibility index (Phi) is 5.75. The Morgan fingerprint density at radius 1 is 1.00 bits per heavy atom. The summed E-state index contributed by atoms with van der Waals surface area (Å²) in [5.41, 5.74) is 3.29. The first-order chi connectivity index (χ1) is 16.3. The highest BCUT2D eigenvalue weighted by molar-refractivity contribution is 7.92. The topological polar surface area (TPSA) is 95.6 Å². The van der Waals surface area contributed by atoms with E-state index in [1.807, 2.05) is 30.3 Å². The highest BCUT2D eigenvalue weighted by Gasteiger charge is 2.43. The largest absolute Gasteiger partial charge is 0.384 e. The van der Waals surface area contributed by atoms with Crippen molar-refractivity contribution in [1.29, 1.82) is 0 Å². The number of nitrogens with zero attached hydrogens (tertiary/aromatic N) is 1. The molecule has 3 aromatic carbocycles. The quantitative estimate of drug-likeness (QED) is 0.529. The number of benzene rings is 3. The fourth-order valence-electron chi connectivity index (χ4n) is 4.38. The molecule has 2 aliphatic heterocycles. The number of imide groups is 1. The number of anilines is 1. The molecule has 3 amide bonds. The normalized spacial score (nSPS) is 17.3. The highest BCUT2D eigenvalue weighted by Crippen LogP contribution is 2.39. The third kappa shape index (κ3) is 3.91. The Hall–Kier alpha value is -3.07. The van der Waals surface area contributed by atoms with E-state index in [0.717, 1.165) is 21.7 Å². The third-order valence-corrected chi connectivity index (χ3v) is 8.35. The van der Waals surface area contributed by atoms with Crippen molar-refractivity contribution in [3.8, 4) is 11.1 Å². The van der Waals surface area contributed by atoms with Gasteiger partial charge in [-0.05, 0) is 47.9 Å². The average Bonchev–Trinajstić information content (AvgIpc) is 3.44. The Morgan fingerprint density at radius 2 is 1.71 bits per heavy atom. The van der Waals surface area contributed by atoms with Crippen LogP contribution in [0.4, 0.5) is 10.5 Å². The molecule has 0 aromatic heterocycles. The van der Waals surface area contributed by atoms with Crippen molar-refractivity contribution in [2.45, 2.75) is 16.7 Å². The maximum absolute atomic E-state index is 13.8. The zero-order valence-electron chi connectivity index (χ0n) is 17.7. The van der Waals surface area contributed by atoms with Crippen LogP contribution in [0.5, 0.6) is 0 Å². The Balaban J connectivity index is 1.52. The molecule has 0 aliphatic carbocycles. The molecule has 5 rings (SSSR count). The molecule has 0 spiro atoms. The summed E-state index contributed by atoms with van der Waals surface area (Å²) in [6.07, 6.45) is 0.681. The molecule has 10 heteroatoms. The number of carbonyl (C=O) groups excluding carboxylic acids is 2. The van der Waals surface area contributed by atoms with E-state index in [-0.39, 0.29) is 27.0 Å². The predicted molar refractivity (Wildman–Crippen MR) is 131 cm³/mol. The average molecular weight is 516 g/mol. The maximum atomic E-state index is 13.8. The monoisotopic (exact) mass is 515 g/mol. The third-order valence-electron chi connectivity index (χ3n) is 5.94. The lowest BCUT2D eigenvalue weighted by atomic mass is 9.98. The molecule has 2 aliphatic rings. The lowest BCUT2D eigenvalue weighted by molar-refractivity contribution is 0.0828. The lowest BCUT2D eigenvalue weighted by Crippen LogP contribution is -2.35. The van der Waals surface area contributed by atoms with Crippen LogP contribution in [0, 0.1) is 0 Å². The molecule has 34 heavy (non-hydrogen) atoms. The van der Waals surface area contributed by atoms with E-state index in [1.165, 1.54) is 18.2 Å². The maximum Gasteiger partial charge on any atom is 0.325 e. The van der Waals surface area contributed by atoms with Crippen molar-refractivity contribution in [1.82, 2.24) is 10.2 Å². The Bertz CT molecular complexity index is 1410. The van der Waals surface area contributed by atoms with Gasteiger partial charge in [-0.1, -0.05) is 53.5 Å². The number of hydrogen-bond donors (Lipinski definition) is 2. The van der Waals surface area contributed by atoms with Crippen molar-refractivity contribution in [2.24, 2.45) is 0 Å². The van der Waals surface area contributed by atoms with Crippen LogP contribution < -0.4 is 10.6 Å². The molecule has 0 bridgehead atoms. The molecule has 7 nitrogen and oxygen atoms in total. The van der Waals surface area contributed by atoms with Gasteiger partial charge in [0.15, 0.2) is 5.37 Å². The van der Waals surface area contributed by atoms with Crippen LogP contribution in [-0.4, -0.2) is 43.7 Å². The van der Waals surface area contributed by atoms with Gasteiger partial charge in [-0.15, -0.1) is 0 Å². The molecule has 0 radical (unpaired) electrons. The minimum atomic E-state index is -4.04. The molecule has 174 valence electrons. The smallest absolute Gasteiger partial charge is 0.325 e. The number of rotatable bonds is 4. The highest BCUT2D eigenvalue weighted by atomic mass is 35.5. The van der Waals surface area contributed by atoms with E-state index in [0.29, 0.717) is 18.5 Å². The van der Waals surface area contributed by atoms with Gasteiger partial charge in [-0.2, -0.15) is 0 Å². The first-order valence-electron chi connectivity index (χ1n) is 10.5. The molecule has 2 N–H and O–H groups in total. The van der Waals surface area contributed by atoms with Crippen molar-refractivity contribution in [2.75, 3.05) is 18.4 Å². The molecule has 1 unspecified atom stereocenters. The standard InChI is InChI=1S/C24H19Cl2N3O4S/c25-16-10-15(11-17(26)12-16)23(30)29-13-21(28-24(29)31)34(32,33)20-7-6-19-18(8-9-27-19)22(20)14-4-2-1-3-5-14/h1-7,10-12,21,27H,8-9,13H2,(H,28,31). The zero-order chi connectivity index (χ0) is 24.0. The van der Waals surface area contributed by atoms with Crippen molar-refractivity contribution >= 4 is 50.7 Å². The minimum absolute atomic E-state index is 0.0966. The summed E-state index contributed by atoms with van der Waals surface area (Å²) in [4.78, 5) is 26.6. The molecule has 3 aromatic rings. The van der Waals surface area contributed by atoms with Gasteiger partial charge in [-0.3, -0.25) is 9.69 Å². The van der Waals surface area contributed by atoms with Gasteiger partial charge in [0.2, 0.25) is 9.84 Å². The van der Waals surface area contributed by atoms with Crippen molar-refractivity contribution in [3.05, 3.63) is 81.8 Å². The second kappa shape index (κ2) is 8.61. The summed E-state index contributed by atoms with van der Waals surface area (Å²) in [5.74, 6) is -0.680. The Morgan fingerprint density at radius 3 is 2.41 bits per heavy atom. The number of amides is 3. The van der Waals surface area contributed by atoms with Crippen LogP contribution in [0.15, 0.2) is 65.6 Å². The van der Waals surface area contributed by atoms with Gasteiger partial charge < -0.3 is 10.6 Å². The number of urea groups is 1. The number of sulfone groups is 1. The Labute approximate surface area is 206 Å². The number of carbonyl (C=O) groups is 2. The van der Waals surface area contributed by atoms with E-state index < -0.39 is 27.1 Å². The van der Waals surface area contributed by atoms with Crippen LogP contribution in [0.1, 0.15) is 15.9 Å². The fourth-order valence-corrected chi connectivity index (χ4v) is 6.60. The molecular weight excluding hydrogens is 497 g/mol. The minimum Gasteiger partial charge on any atom is -0.384 e. The van der Waals surface area contributed by atoms with E-state index >= 15 is 0 Å². The van der Waals surface area contributed by atoms with E-state index in [1.54, 1.807) is 12.1 Å². The number of fused-ring (bicyclic) bond motifs is 1. The van der Waals surface area contributed by atoms with Gasteiger partial charge >= 0.3 is 6.03 Å². The molecule has 1 saturated heterocycles. The summed E-state index contributed by atoms with van der Waals surface area (Å²) in [5, 5.41) is 4.91. The van der Waals surface area contributed by atoms with Crippen LogP contribution in [0.25, 0.3) is 11.1 Å². The molecule has 2 heterocycles. The second-order valence-electron chi connectivity index (χ2n) is 8.06. The number of hydrogen-bond acceptors (Lipinski definition) is 5. The van der Waals surface area contributed by atoms with E-state index in [4.69, 9.17) is 23.2 Å². The summed E-state index contributed by atoms with van der Waals surface area (Å²) in [6.45, 7) is 0.372. The van der Waals surface area contributed by atoms with Gasteiger partial charge in [0.25, 0.3) is 5.91 Å². The van der Waals surface area contributed by atoms with Gasteiger partial charge in [0.05, 0.1) is 11.4 Å². The van der Waals surface area contributed by atoms with Gasteiger partial charge in [0.1, 0.15) is 0 Å². The second-order valence-corrected chi connectivity index (χ2v) is 11.0. The SMILES string of the molecule is O=C1NC(S(=O)(=O)c2ccc3c(c2-c2ccccc2)CCN3)CN1C(=O)c1cc(Cl)cc(Cl)c1. The number of halogens is 2. The fraction of sp³-hybridized carbons (Fsp3) is 0.167. The molecule has 0 saturated carbocycles. The summed E-state index contributed by atoms with van der Waals surface area (Å²) >= 11 is 12.0.